The van der Waals surface area contributed by atoms with Gasteiger partial charge < -0.3 is 20.3 Å². The number of hydrogen-bond acceptors (Lipinski definition) is 6. The second-order valence-electron chi connectivity index (χ2n) is 5.05. The van der Waals surface area contributed by atoms with Crippen molar-refractivity contribution in [1.29, 1.82) is 0 Å². The van der Waals surface area contributed by atoms with Gasteiger partial charge in [-0.3, -0.25) is 10.1 Å². The van der Waals surface area contributed by atoms with Gasteiger partial charge in [0, 0.05) is 50.5 Å². The first kappa shape index (κ1) is 15.5. The summed E-state index contributed by atoms with van der Waals surface area (Å²) in [6.45, 7) is 6.11. The van der Waals surface area contributed by atoms with E-state index >= 15 is 0 Å². The largest absolute Gasteiger partial charge is 0.496 e. The lowest BCUT2D eigenvalue weighted by Gasteiger charge is -2.27. The molecule has 21 heavy (non-hydrogen) atoms. The monoisotopic (exact) mass is 294 g/mol. The van der Waals surface area contributed by atoms with Gasteiger partial charge in [-0.05, 0) is 13.0 Å². The zero-order chi connectivity index (χ0) is 15.1. The highest BCUT2D eigenvalue weighted by atomic mass is 16.6. The fourth-order valence-electron chi connectivity index (χ4n) is 2.38. The summed E-state index contributed by atoms with van der Waals surface area (Å²) in [7, 11) is 1.51. The first-order valence-electron chi connectivity index (χ1n) is 7.19. The van der Waals surface area contributed by atoms with Crippen LogP contribution in [-0.2, 0) is 0 Å². The number of rotatable bonds is 7. The van der Waals surface area contributed by atoms with Gasteiger partial charge in [0.1, 0.15) is 5.75 Å². The van der Waals surface area contributed by atoms with Gasteiger partial charge in [-0.25, -0.2) is 0 Å². The summed E-state index contributed by atoms with van der Waals surface area (Å²) in [4.78, 5) is 12.9. The number of non-ortho nitro benzene ring substituents is 1. The lowest BCUT2D eigenvalue weighted by atomic mass is 10.2. The minimum atomic E-state index is -0.408. The fourth-order valence-corrected chi connectivity index (χ4v) is 2.38. The van der Waals surface area contributed by atoms with Crippen LogP contribution < -0.4 is 15.4 Å². The molecule has 1 fully saturated rings. The Balaban J connectivity index is 1.81. The molecule has 0 saturated carbocycles. The molecule has 0 aromatic heterocycles. The third-order valence-corrected chi connectivity index (χ3v) is 3.53. The summed E-state index contributed by atoms with van der Waals surface area (Å²) in [5.41, 5.74) is 0.764. The molecule has 0 bridgehead atoms. The number of piperazine rings is 1. The van der Waals surface area contributed by atoms with Gasteiger partial charge in [0.05, 0.1) is 18.1 Å². The summed E-state index contributed by atoms with van der Waals surface area (Å²) >= 11 is 0. The third-order valence-electron chi connectivity index (χ3n) is 3.53. The molecule has 7 nitrogen and oxygen atoms in total. The summed E-state index contributed by atoms with van der Waals surface area (Å²) in [5.74, 6) is 0.494. The van der Waals surface area contributed by atoms with E-state index in [0.717, 1.165) is 51.4 Å². The van der Waals surface area contributed by atoms with Crippen molar-refractivity contribution in [1.82, 2.24) is 10.2 Å². The van der Waals surface area contributed by atoms with Crippen LogP contribution >= 0.6 is 0 Å². The second-order valence-corrected chi connectivity index (χ2v) is 5.05. The van der Waals surface area contributed by atoms with Crippen molar-refractivity contribution in [2.75, 3.05) is 51.7 Å². The highest BCUT2D eigenvalue weighted by Gasteiger charge is 2.11. The van der Waals surface area contributed by atoms with Crippen LogP contribution in [-0.4, -0.2) is 56.2 Å². The van der Waals surface area contributed by atoms with Crippen molar-refractivity contribution in [2.24, 2.45) is 0 Å². The Morgan fingerprint density at radius 3 is 2.81 bits per heavy atom. The number of anilines is 1. The quantitative estimate of drug-likeness (QED) is 0.448. The lowest BCUT2D eigenvalue weighted by molar-refractivity contribution is -0.384. The number of nitrogens with one attached hydrogen (secondary N) is 2. The molecule has 1 saturated heterocycles. The lowest BCUT2D eigenvalue weighted by Crippen LogP contribution is -2.44. The van der Waals surface area contributed by atoms with E-state index < -0.39 is 4.92 Å². The van der Waals surface area contributed by atoms with Crippen LogP contribution in [0.15, 0.2) is 18.2 Å². The summed E-state index contributed by atoms with van der Waals surface area (Å²) in [6.07, 6.45) is 1.00. The van der Waals surface area contributed by atoms with E-state index in [1.807, 2.05) is 0 Å². The molecule has 1 heterocycles. The van der Waals surface area contributed by atoms with Crippen LogP contribution in [0.4, 0.5) is 11.4 Å². The van der Waals surface area contributed by atoms with Crippen molar-refractivity contribution in [3.05, 3.63) is 28.3 Å². The van der Waals surface area contributed by atoms with Gasteiger partial charge in [0.15, 0.2) is 0 Å². The number of hydrogen-bond donors (Lipinski definition) is 2. The predicted octanol–water partition coefficient (Wildman–Crippen LogP) is 1.31. The highest BCUT2D eigenvalue weighted by molar-refractivity contribution is 5.56. The Bertz CT molecular complexity index is 475. The molecular formula is C14H22N4O3. The van der Waals surface area contributed by atoms with E-state index in [1.165, 1.54) is 19.2 Å². The van der Waals surface area contributed by atoms with E-state index in [1.54, 1.807) is 6.07 Å². The predicted molar refractivity (Wildman–Crippen MR) is 82.1 cm³/mol. The Hall–Kier alpha value is -1.86. The molecule has 1 aromatic rings. The van der Waals surface area contributed by atoms with Crippen molar-refractivity contribution in [3.63, 3.8) is 0 Å². The molecule has 2 rings (SSSR count). The molecule has 0 atom stereocenters. The van der Waals surface area contributed by atoms with Crippen LogP contribution in [0, 0.1) is 10.1 Å². The first-order chi connectivity index (χ1) is 10.2. The van der Waals surface area contributed by atoms with Crippen LogP contribution in [0.2, 0.25) is 0 Å². The molecular weight excluding hydrogens is 272 g/mol. The minimum Gasteiger partial charge on any atom is -0.496 e. The van der Waals surface area contributed by atoms with E-state index in [-0.39, 0.29) is 5.69 Å². The summed E-state index contributed by atoms with van der Waals surface area (Å²) in [5, 5.41) is 17.4. The summed E-state index contributed by atoms with van der Waals surface area (Å²) in [6, 6.07) is 4.73. The normalized spacial score (nSPS) is 15.7. The maximum Gasteiger partial charge on any atom is 0.275 e. The number of nitro groups is 1. The first-order valence-corrected chi connectivity index (χ1v) is 7.19. The smallest absolute Gasteiger partial charge is 0.275 e. The van der Waals surface area contributed by atoms with Gasteiger partial charge in [0.2, 0.25) is 0 Å². The average Bonchev–Trinajstić information content (AvgIpc) is 2.52. The van der Waals surface area contributed by atoms with Gasteiger partial charge >= 0.3 is 0 Å². The molecule has 0 amide bonds. The molecule has 1 aliphatic rings. The third kappa shape index (κ3) is 4.87. The Morgan fingerprint density at radius 1 is 1.38 bits per heavy atom. The molecule has 1 aromatic carbocycles. The second kappa shape index (κ2) is 7.80. The average molecular weight is 294 g/mol. The topological polar surface area (TPSA) is 79.7 Å². The molecule has 0 radical (unpaired) electrons. The summed E-state index contributed by atoms with van der Waals surface area (Å²) < 4.78 is 5.09. The number of methoxy groups -OCH3 is 1. The number of ether oxygens (including phenoxy) is 1. The van der Waals surface area contributed by atoms with Gasteiger partial charge in [-0.1, -0.05) is 0 Å². The van der Waals surface area contributed by atoms with Crippen molar-refractivity contribution in [3.8, 4) is 5.75 Å². The minimum absolute atomic E-state index is 0.0407. The van der Waals surface area contributed by atoms with E-state index in [0.29, 0.717) is 5.75 Å². The Morgan fingerprint density at radius 2 is 2.14 bits per heavy atom. The van der Waals surface area contributed by atoms with Crippen LogP contribution in [0.3, 0.4) is 0 Å². The Labute approximate surface area is 124 Å². The molecule has 0 unspecified atom stereocenters. The fraction of sp³-hybridized carbons (Fsp3) is 0.571. The molecule has 0 aliphatic carbocycles. The van der Waals surface area contributed by atoms with Gasteiger partial charge in [0.25, 0.3) is 5.69 Å². The number of benzene rings is 1. The van der Waals surface area contributed by atoms with Crippen molar-refractivity contribution in [2.45, 2.75) is 6.42 Å². The zero-order valence-electron chi connectivity index (χ0n) is 12.3. The standard InChI is InChI=1S/C14H22N4O3/c1-21-14-10-12(9-13(11-14)18(19)20)16-3-2-6-17-7-4-15-5-8-17/h9-11,15-16H,2-8H2,1H3. The van der Waals surface area contributed by atoms with Gasteiger partial charge in [-0.2, -0.15) is 0 Å². The maximum atomic E-state index is 10.9. The van der Waals surface area contributed by atoms with Crippen LogP contribution in [0.25, 0.3) is 0 Å². The Kier molecular flexibility index (Phi) is 5.77. The van der Waals surface area contributed by atoms with Crippen molar-refractivity contribution >= 4 is 11.4 Å². The SMILES string of the molecule is COc1cc(NCCCN2CCNCC2)cc([N+](=O)[O-])c1. The van der Waals surface area contributed by atoms with E-state index in [2.05, 4.69) is 15.5 Å². The zero-order valence-corrected chi connectivity index (χ0v) is 12.3. The molecule has 1 aliphatic heterocycles. The van der Waals surface area contributed by atoms with Crippen molar-refractivity contribution < 1.29 is 9.66 Å². The van der Waals surface area contributed by atoms with Crippen LogP contribution in [0.1, 0.15) is 6.42 Å². The van der Waals surface area contributed by atoms with Crippen LogP contribution in [0.5, 0.6) is 5.75 Å². The maximum absolute atomic E-state index is 10.9. The van der Waals surface area contributed by atoms with E-state index in [4.69, 9.17) is 4.74 Å². The molecule has 2 N–H and O–H groups in total. The highest BCUT2D eigenvalue weighted by Crippen LogP contribution is 2.25. The number of nitro benzene ring substituents is 1. The molecule has 116 valence electrons. The van der Waals surface area contributed by atoms with Gasteiger partial charge in [-0.15, -0.1) is 0 Å². The molecule has 7 heteroatoms. The molecule has 0 spiro atoms. The van der Waals surface area contributed by atoms with E-state index in [9.17, 15) is 10.1 Å². The number of nitrogens with zero attached hydrogens (tertiary/aromatic N) is 2.